The average Bonchev–Trinajstić information content (AvgIpc) is 3.04. The number of benzene rings is 1. The van der Waals surface area contributed by atoms with E-state index in [-0.39, 0.29) is 0 Å². The highest BCUT2D eigenvalue weighted by atomic mass is 16.5. The molecule has 2 aromatic heterocycles. The molecule has 0 bridgehead atoms. The van der Waals surface area contributed by atoms with Gasteiger partial charge in [0.25, 0.3) is 5.89 Å². The highest BCUT2D eigenvalue weighted by molar-refractivity contribution is 5.53. The summed E-state index contributed by atoms with van der Waals surface area (Å²) in [7, 11) is 0. The van der Waals surface area contributed by atoms with Crippen LogP contribution in [0.3, 0.4) is 0 Å². The van der Waals surface area contributed by atoms with Crippen LogP contribution in [-0.4, -0.2) is 31.6 Å². The van der Waals surface area contributed by atoms with E-state index in [1.807, 2.05) is 30.5 Å². The van der Waals surface area contributed by atoms with E-state index >= 15 is 0 Å². The van der Waals surface area contributed by atoms with Crippen LogP contribution in [0.15, 0.2) is 41.3 Å². The van der Waals surface area contributed by atoms with Gasteiger partial charge in [0.15, 0.2) is 5.82 Å². The van der Waals surface area contributed by atoms with Crippen LogP contribution in [0.25, 0.3) is 11.5 Å². The Morgan fingerprint density at radius 2 is 2.09 bits per heavy atom. The molecule has 0 radical (unpaired) electrons. The number of aryl methyl sites for hydroxylation is 1. The van der Waals surface area contributed by atoms with E-state index in [1.165, 1.54) is 11.1 Å². The van der Waals surface area contributed by atoms with Crippen molar-refractivity contribution in [3.63, 3.8) is 0 Å². The SMILES string of the molecule is Cc1ccc(-c2nc(CN3CCc4cncnc4C3)no2)cc1. The second-order valence-electron chi connectivity index (χ2n) is 5.84. The van der Waals surface area contributed by atoms with E-state index in [4.69, 9.17) is 4.52 Å². The quantitative estimate of drug-likeness (QED) is 0.740. The van der Waals surface area contributed by atoms with E-state index in [0.717, 1.165) is 30.8 Å². The molecule has 4 rings (SSSR count). The first-order chi connectivity index (χ1) is 11.3. The monoisotopic (exact) mass is 307 g/mol. The van der Waals surface area contributed by atoms with E-state index in [9.17, 15) is 0 Å². The minimum absolute atomic E-state index is 0.569. The fourth-order valence-electron chi connectivity index (χ4n) is 2.77. The number of nitrogens with zero attached hydrogens (tertiary/aromatic N) is 5. The Morgan fingerprint density at radius 3 is 2.96 bits per heavy atom. The van der Waals surface area contributed by atoms with Crippen molar-refractivity contribution in [3.8, 4) is 11.5 Å². The summed E-state index contributed by atoms with van der Waals surface area (Å²) in [4.78, 5) is 15.2. The second-order valence-corrected chi connectivity index (χ2v) is 5.84. The van der Waals surface area contributed by atoms with Gasteiger partial charge in [-0.2, -0.15) is 4.98 Å². The molecule has 6 heteroatoms. The molecule has 0 N–H and O–H groups in total. The Balaban J connectivity index is 1.47. The molecule has 0 spiro atoms. The summed E-state index contributed by atoms with van der Waals surface area (Å²) in [6, 6.07) is 8.09. The highest BCUT2D eigenvalue weighted by Crippen LogP contribution is 2.20. The molecule has 0 amide bonds. The topological polar surface area (TPSA) is 67.9 Å². The van der Waals surface area contributed by atoms with Crippen molar-refractivity contribution in [3.05, 3.63) is 59.4 Å². The third-order valence-electron chi connectivity index (χ3n) is 4.08. The molecule has 6 nitrogen and oxygen atoms in total. The van der Waals surface area contributed by atoms with Crippen LogP contribution in [0.4, 0.5) is 0 Å². The minimum Gasteiger partial charge on any atom is -0.334 e. The van der Waals surface area contributed by atoms with Crippen LogP contribution >= 0.6 is 0 Å². The lowest BCUT2D eigenvalue weighted by Gasteiger charge is -2.26. The number of fused-ring (bicyclic) bond motifs is 1. The standard InChI is InChI=1S/C17H17N5O/c1-12-2-4-13(5-3-12)17-20-16(21-23-17)10-22-7-6-14-8-18-11-19-15(14)9-22/h2-5,8,11H,6-7,9-10H2,1H3. The van der Waals surface area contributed by atoms with E-state index in [0.29, 0.717) is 18.3 Å². The molecule has 1 aliphatic rings. The van der Waals surface area contributed by atoms with Crippen LogP contribution in [0, 0.1) is 6.92 Å². The van der Waals surface area contributed by atoms with Gasteiger partial charge in [-0.1, -0.05) is 22.9 Å². The Morgan fingerprint density at radius 1 is 1.22 bits per heavy atom. The molecule has 3 heterocycles. The average molecular weight is 307 g/mol. The molecule has 0 saturated heterocycles. The molecule has 0 unspecified atom stereocenters. The van der Waals surface area contributed by atoms with Gasteiger partial charge in [-0.05, 0) is 31.0 Å². The van der Waals surface area contributed by atoms with Gasteiger partial charge in [0.1, 0.15) is 6.33 Å². The molecule has 0 atom stereocenters. The maximum Gasteiger partial charge on any atom is 0.257 e. The smallest absolute Gasteiger partial charge is 0.257 e. The van der Waals surface area contributed by atoms with E-state index < -0.39 is 0 Å². The lowest BCUT2D eigenvalue weighted by molar-refractivity contribution is 0.231. The van der Waals surface area contributed by atoms with Gasteiger partial charge in [0, 0.05) is 24.8 Å². The fourth-order valence-corrected chi connectivity index (χ4v) is 2.77. The van der Waals surface area contributed by atoms with E-state index in [1.54, 1.807) is 6.33 Å². The van der Waals surface area contributed by atoms with Crippen molar-refractivity contribution in [2.24, 2.45) is 0 Å². The van der Waals surface area contributed by atoms with Crippen molar-refractivity contribution in [2.45, 2.75) is 26.4 Å². The Bertz CT molecular complexity index is 812. The van der Waals surface area contributed by atoms with Gasteiger partial charge < -0.3 is 4.52 Å². The lowest BCUT2D eigenvalue weighted by atomic mass is 10.1. The molecular formula is C17H17N5O. The molecule has 23 heavy (non-hydrogen) atoms. The molecule has 0 fully saturated rings. The van der Waals surface area contributed by atoms with Crippen molar-refractivity contribution in [1.29, 1.82) is 0 Å². The Kier molecular flexibility index (Phi) is 3.59. The summed E-state index contributed by atoms with van der Waals surface area (Å²) in [6.45, 7) is 4.47. The van der Waals surface area contributed by atoms with Gasteiger partial charge in [-0.3, -0.25) is 4.90 Å². The molecule has 0 saturated carbocycles. The third kappa shape index (κ3) is 2.98. The van der Waals surface area contributed by atoms with Crippen molar-refractivity contribution < 1.29 is 4.52 Å². The van der Waals surface area contributed by atoms with Gasteiger partial charge in [-0.15, -0.1) is 0 Å². The lowest BCUT2D eigenvalue weighted by Crippen LogP contribution is -2.31. The largest absolute Gasteiger partial charge is 0.334 e. The van der Waals surface area contributed by atoms with Gasteiger partial charge >= 0.3 is 0 Å². The molecule has 1 aliphatic heterocycles. The number of hydrogen-bond donors (Lipinski definition) is 0. The predicted octanol–water partition coefficient (Wildman–Crippen LogP) is 2.39. The summed E-state index contributed by atoms with van der Waals surface area (Å²) in [5, 5.41) is 4.10. The van der Waals surface area contributed by atoms with Crippen LogP contribution in [0.5, 0.6) is 0 Å². The first-order valence-corrected chi connectivity index (χ1v) is 7.68. The molecule has 3 aromatic rings. The number of aromatic nitrogens is 4. The van der Waals surface area contributed by atoms with Crippen molar-refractivity contribution in [2.75, 3.05) is 6.54 Å². The second kappa shape index (κ2) is 5.89. The van der Waals surface area contributed by atoms with Gasteiger partial charge in [0.05, 0.1) is 12.2 Å². The van der Waals surface area contributed by atoms with Crippen LogP contribution < -0.4 is 0 Å². The predicted molar refractivity (Wildman–Crippen MR) is 84.3 cm³/mol. The molecule has 1 aromatic carbocycles. The van der Waals surface area contributed by atoms with Gasteiger partial charge in [-0.25, -0.2) is 9.97 Å². The van der Waals surface area contributed by atoms with Gasteiger partial charge in [0.2, 0.25) is 0 Å². The maximum atomic E-state index is 5.39. The third-order valence-corrected chi connectivity index (χ3v) is 4.08. The number of hydrogen-bond acceptors (Lipinski definition) is 6. The first-order valence-electron chi connectivity index (χ1n) is 7.68. The maximum absolute atomic E-state index is 5.39. The first kappa shape index (κ1) is 14.0. The highest BCUT2D eigenvalue weighted by Gasteiger charge is 2.19. The summed E-state index contributed by atoms with van der Waals surface area (Å²) < 4.78 is 5.39. The van der Waals surface area contributed by atoms with Crippen LogP contribution in [0.1, 0.15) is 22.6 Å². The van der Waals surface area contributed by atoms with Crippen molar-refractivity contribution in [1.82, 2.24) is 25.0 Å². The summed E-state index contributed by atoms with van der Waals surface area (Å²) in [6.07, 6.45) is 4.47. The van der Waals surface area contributed by atoms with Crippen LogP contribution in [-0.2, 0) is 19.5 Å². The normalized spacial score (nSPS) is 14.7. The summed E-state index contributed by atoms with van der Waals surface area (Å²) >= 11 is 0. The van der Waals surface area contributed by atoms with E-state index in [2.05, 4.69) is 31.9 Å². The Labute approximate surface area is 134 Å². The summed E-state index contributed by atoms with van der Waals surface area (Å²) in [5.41, 5.74) is 4.49. The van der Waals surface area contributed by atoms with Crippen molar-refractivity contribution >= 4 is 0 Å². The zero-order valence-corrected chi connectivity index (χ0v) is 12.9. The van der Waals surface area contributed by atoms with Crippen LogP contribution in [0.2, 0.25) is 0 Å². The fraction of sp³-hybridized carbons (Fsp3) is 0.294. The molecule has 0 aliphatic carbocycles. The Hall–Kier alpha value is -2.60. The summed E-state index contributed by atoms with van der Waals surface area (Å²) in [5.74, 6) is 1.28. The molecular weight excluding hydrogens is 290 g/mol. The number of rotatable bonds is 3. The zero-order valence-electron chi connectivity index (χ0n) is 12.9. The molecule has 116 valence electrons. The minimum atomic E-state index is 0.569. The zero-order chi connectivity index (χ0) is 15.6.